The second-order valence-electron chi connectivity index (χ2n) is 9.20. The van der Waals surface area contributed by atoms with E-state index in [0.717, 1.165) is 42.8 Å². The molecule has 1 amide bonds. The second-order valence-corrected chi connectivity index (χ2v) is 9.20. The van der Waals surface area contributed by atoms with Gasteiger partial charge in [-0.2, -0.15) is 0 Å². The third-order valence-electron chi connectivity index (χ3n) is 6.80. The number of hydrogen-bond acceptors (Lipinski definition) is 6. The summed E-state index contributed by atoms with van der Waals surface area (Å²) >= 11 is 0. The summed E-state index contributed by atoms with van der Waals surface area (Å²) < 4.78 is 11.4. The number of benzene rings is 2. The van der Waals surface area contributed by atoms with Crippen molar-refractivity contribution in [2.24, 2.45) is 0 Å². The maximum atomic E-state index is 13.3. The minimum atomic E-state index is -0.688. The standard InChI is InChI=1S/C30H40N2O5/c1-6-10-19-37-25-16-13-23(20-21(25)5)28(33)26-27(22-11-14-24(15-12-22)36-9-4)32(30(35)29(26)34)18-17-31(7-2)8-3/h11-16,20,27,33H,6-10,17-19H2,1-5H3. The maximum absolute atomic E-state index is 13.3. The number of aliphatic hydroxyl groups excluding tert-OH is 1. The highest BCUT2D eigenvalue weighted by Crippen LogP contribution is 2.40. The Morgan fingerprint density at radius 3 is 2.30 bits per heavy atom. The number of likely N-dealkylation sites (tertiary alicyclic amines) is 1. The normalized spacial score (nSPS) is 17.0. The van der Waals surface area contributed by atoms with E-state index in [2.05, 4.69) is 25.7 Å². The van der Waals surface area contributed by atoms with Crippen molar-refractivity contribution in [2.75, 3.05) is 39.4 Å². The quantitative estimate of drug-likeness (QED) is 0.170. The Kier molecular flexibility index (Phi) is 10.1. The van der Waals surface area contributed by atoms with Crippen molar-refractivity contribution >= 4 is 17.4 Å². The van der Waals surface area contributed by atoms with Gasteiger partial charge in [-0.05, 0) is 74.8 Å². The molecule has 0 aliphatic carbocycles. The van der Waals surface area contributed by atoms with Crippen LogP contribution >= 0.6 is 0 Å². The molecule has 200 valence electrons. The summed E-state index contributed by atoms with van der Waals surface area (Å²) in [5.74, 6) is 0.0137. The molecule has 1 fully saturated rings. The van der Waals surface area contributed by atoms with Crippen molar-refractivity contribution in [1.82, 2.24) is 9.80 Å². The highest BCUT2D eigenvalue weighted by Gasteiger charge is 2.46. The van der Waals surface area contributed by atoms with Gasteiger partial charge in [0.15, 0.2) is 0 Å². The van der Waals surface area contributed by atoms with E-state index in [4.69, 9.17) is 9.47 Å². The molecule has 0 saturated carbocycles. The van der Waals surface area contributed by atoms with Crippen LogP contribution in [0.2, 0.25) is 0 Å². The minimum absolute atomic E-state index is 0.104. The molecule has 7 nitrogen and oxygen atoms in total. The van der Waals surface area contributed by atoms with Gasteiger partial charge in [0.25, 0.3) is 11.7 Å². The zero-order valence-electron chi connectivity index (χ0n) is 22.8. The number of likely N-dealkylation sites (N-methyl/N-ethyl adjacent to an activating group) is 1. The van der Waals surface area contributed by atoms with Gasteiger partial charge >= 0.3 is 0 Å². The maximum Gasteiger partial charge on any atom is 0.295 e. The first-order chi connectivity index (χ1) is 17.9. The molecule has 0 spiro atoms. The molecule has 2 aromatic carbocycles. The van der Waals surface area contributed by atoms with Gasteiger partial charge in [0.05, 0.1) is 24.8 Å². The molecule has 1 N–H and O–H groups in total. The molecular formula is C30H40N2O5. The number of ketones is 1. The van der Waals surface area contributed by atoms with E-state index in [1.54, 1.807) is 17.0 Å². The first-order valence-electron chi connectivity index (χ1n) is 13.3. The Labute approximate surface area is 220 Å². The first kappa shape index (κ1) is 28.3. The number of carbonyl (C=O) groups excluding carboxylic acids is 2. The molecule has 1 saturated heterocycles. The van der Waals surface area contributed by atoms with Crippen LogP contribution in [0.4, 0.5) is 0 Å². The Bertz CT molecular complexity index is 1110. The fourth-order valence-corrected chi connectivity index (χ4v) is 4.60. The monoisotopic (exact) mass is 508 g/mol. The number of hydrogen-bond donors (Lipinski definition) is 1. The van der Waals surface area contributed by atoms with Crippen LogP contribution < -0.4 is 9.47 Å². The number of aryl methyl sites for hydroxylation is 1. The molecule has 0 aromatic heterocycles. The number of Topliss-reactive ketones (excluding diaryl/α,β-unsaturated/α-hetero) is 1. The van der Waals surface area contributed by atoms with Crippen molar-refractivity contribution in [3.8, 4) is 11.5 Å². The smallest absolute Gasteiger partial charge is 0.295 e. The summed E-state index contributed by atoms with van der Waals surface area (Å²) in [5, 5.41) is 11.4. The van der Waals surface area contributed by atoms with Gasteiger partial charge in [0.2, 0.25) is 0 Å². The summed E-state index contributed by atoms with van der Waals surface area (Å²) in [6, 6.07) is 12.0. The highest BCUT2D eigenvalue weighted by molar-refractivity contribution is 6.46. The third kappa shape index (κ3) is 6.52. The van der Waals surface area contributed by atoms with E-state index in [9.17, 15) is 14.7 Å². The lowest BCUT2D eigenvalue weighted by Gasteiger charge is -2.28. The molecule has 0 radical (unpaired) electrons. The Balaban J connectivity index is 2.03. The number of nitrogens with zero attached hydrogens (tertiary/aromatic N) is 2. The number of rotatable bonds is 13. The van der Waals surface area contributed by atoms with Crippen LogP contribution in [0.25, 0.3) is 5.76 Å². The molecule has 1 atom stereocenters. The van der Waals surface area contributed by atoms with Crippen molar-refractivity contribution in [3.05, 3.63) is 64.7 Å². The number of aliphatic hydroxyl groups is 1. The summed E-state index contributed by atoms with van der Waals surface area (Å²) in [7, 11) is 0. The van der Waals surface area contributed by atoms with Crippen molar-refractivity contribution in [1.29, 1.82) is 0 Å². The van der Waals surface area contributed by atoms with Crippen LogP contribution in [0.15, 0.2) is 48.0 Å². The summed E-state index contributed by atoms with van der Waals surface area (Å²) in [5.41, 5.74) is 2.19. The topological polar surface area (TPSA) is 79.3 Å². The molecule has 2 aromatic rings. The minimum Gasteiger partial charge on any atom is -0.507 e. The highest BCUT2D eigenvalue weighted by atomic mass is 16.5. The molecule has 37 heavy (non-hydrogen) atoms. The molecule has 0 bridgehead atoms. The first-order valence-corrected chi connectivity index (χ1v) is 13.3. The van der Waals surface area contributed by atoms with Crippen LogP contribution in [-0.4, -0.2) is 66.0 Å². The lowest BCUT2D eigenvalue weighted by atomic mass is 9.94. The molecule has 1 unspecified atom stereocenters. The molecule has 1 heterocycles. The van der Waals surface area contributed by atoms with Crippen LogP contribution in [0.1, 0.15) is 63.3 Å². The van der Waals surface area contributed by atoms with E-state index >= 15 is 0 Å². The van der Waals surface area contributed by atoms with Gasteiger partial charge in [-0.25, -0.2) is 0 Å². The van der Waals surface area contributed by atoms with Gasteiger partial charge < -0.3 is 24.4 Å². The average Bonchev–Trinajstić information content (AvgIpc) is 3.15. The van der Waals surface area contributed by atoms with Crippen molar-refractivity contribution < 1.29 is 24.2 Å². The van der Waals surface area contributed by atoms with E-state index in [-0.39, 0.29) is 11.3 Å². The SMILES string of the molecule is CCCCOc1ccc(C(O)=C2C(=O)C(=O)N(CCN(CC)CC)C2c2ccc(OCC)cc2)cc1C. The molecular weight excluding hydrogens is 468 g/mol. The largest absolute Gasteiger partial charge is 0.507 e. The fraction of sp³-hybridized carbons (Fsp3) is 0.467. The Morgan fingerprint density at radius 2 is 1.70 bits per heavy atom. The van der Waals surface area contributed by atoms with E-state index < -0.39 is 17.7 Å². The fourth-order valence-electron chi connectivity index (χ4n) is 4.60. The Morgan fingerprint density at radius 1 is 1.00 bits per heavy atom. The number of amides is 1. The predicted octanol–water partition coefficient (Wildman–Crippen LogP) is 5.34. The predicted molar refractivity (Wildman–Crippen MR) is 146 cm³/mol. The zero-order valence-corrected chi connectivity index (χ0v) is 22.8. The van der Waals surface area contributed by atoms with Gasteiger partial charge in [-0.3, -0.25) is 9.59 Å². The van der Waals surface area contributed by atoms with Crippen LogP contribution in [0.5, 0.6) is 11.5 Å². The van der Waals surface area contributed by atoms with Gasteiger partial charge in [-0.1, -0.05) is 39.3 Å². The van der Waals surface area contributed by atoms with Gasteiger partial charge in [0.1, 0.15) is 17.3 Å². The zero-order chi connectivity index (χ0) is 26.9. The molecule has 3 rings (SSSR count). The van der Waals surface area contributed by atoms with Crippen LogP contribution in [0.3, 0.4) is 0 Å². The van der Waals surface area contributed by atoms with Crippen LogP contribution in [0, 0.1) is 6.92 Å². The van der Waals surface area contributed by atoms with Crippen molar-refractivity contribution in [2.45, 2.75) is 53.5 Å². The number of unbranched alkanes of at least 4 members (excludes halogenated alkanes) is 1. The molecule has 1 aliphatic rings. The van der Waals surface area contributed by atoms with Crippen LogP contribution in [-0.2, 0) is 9.59 Å². The average molecular weight is 509 g/mol. The summed E-state index contributed by atoms with van der Waals surface area (Å²) in [4.78, 5) is 30.3. The lowest BCUT2D eigenvalue weighted by molar-refractivity contribution is -0.140. The van der Waals surface area contributed by atoms with E-state index in [1.807, 2.05) is 44.2 Å². The summed E-state index contributed by atoms with van der Waals surface area (Å²) in [6.45, 7) is 13.9. The summed E-state index contributed by atoms with van der Waals surface area (Å²) in [6.07, 6.45) is 2.00. The number of ether oxygens (including phenoxy) is 2. The van der Waals surface area contributed by atoms with Gasteiger partial charge in [0, 0.05) is 18.7 Å². The Hall–Kier alpha value is -3.32. The van der Waals surface area contributed by atoms with E-state index in [0.29, 0.717) is 37.6 Å². The lowest BCUT2D eigenvalue weighted by Crippen LogP contribution is -2.38. The van der Waals surface area contributed by atoms with Crippen molar-refractivity contribution in [3.63, 3.8) is 0 Å². The van der Waals surface area contributed by atoms with Gasteiger partial charge in [-0.15, -0.1) is 0 Å². The second kappa shape index (κ2) is 13.3. The van der Waals surface area contributed by atoms with E-state index in [1.165, 1.54) is 0 Å². The third-order valence-corrected chi connectivity index (χ3v) is 6.80. The molecule has 7 heteroatoms. The molecule has 1 aliphatic heterocycles. The number of carbonyl (C=O) groups is 2.